The van der Waals surface area contributed by atoms with Crippen molar-refractivity contribution in [2.24, 2.45) is 11.8 Å². The van der Waals surface area contributed by atoms with Gasteiger partial charge in [-0.2, -0.15) is 0 Å². The lowest BCUT2D eigenvalue weighted by molar-refractivity contribution is 0.0209. The van der Waals surface area contributed by atoms with Crippen LogP contribution in [0.1, 0.15) is 256 Å². The minimum atomic E-state index is 0.0868. The Morgan fingerprint density at radius 2 is 0.609 bits per heavy atom. The van der Waals surface area contributed by atoms with Crippen molar-refractivity contribution in [3.8, 4) is 11.1 Å². The Morgan fingerprint density at radius 3 is 0.855 bits per heavy atom. The molecule has 2 aliphatic carbocycles. The minimum absolute atomic E-state index is 0.0868. The van der Waals surface area contributed by atoms with Gasteiger partial charge >= 0.3 is 0 Å². The summed E-state index contributed by atoms with van der Waals surface area (Å²) in [6, 6.07) is 30.1. The summed E-state index contributed by atoms with van der Waals surface area (Å²) in [5.41, 5.74) is 12.2. The number of halogens is 2. The first kappa shape index (κ1) is 102. The maximum atomic E-state index is 6.49. The maximum absolute atomic E-state index is 6.49. The van der Waals surface area contributed by atoms with Crippen molar-refractivity contribution < 1.29 is 14.2 Å². The van der Waals surface area contributed by atoms with E-state index in [1.54, 1.807) is 0 Å². The van der Waals surface area contributed by atoms with Crippen LogP contribution in [-0.2, 0) is 33.7 Å². The third-order valence-corrected chi connectivity index (χ3v) is 22.6. The first-order valence-electron chi connectivity index (χ1n) is 41.6. The topological polar surface area (TPSA) is 77.7 Å². The highest BCUT2D eigenvalue weighted by atomic mass is 35.5. The van der Waals surface area contributed by atoms with E-state index in [9.17, 15) is 0 Å². The lowest BCUT2D eigenvalue weighted by Crippen LogP contribution is -2.46. The van der Waals surface area contributed by atoms with Crippen LogP contribution < -0.4 is 10.6 Å². The van der Waals surface area contributed by atoms with Gasteiger partial charge in [-0.05, 0) is 364 Å². The molecule has 0 heterocycles. The van der Waals surface area contributed by atoms with Crippen LogP contribution in [0.15, 0.2) is 97.1 Å². The molecule has 2 aliphatic rings. The number of nitrogens with zero attached hydrogens (tertiary/aromatic N) is 8. The van der Waals surface area contributed by atoms with Gasteiger partial charge < -0.3 is 24.8 Å². The Bertz CT molecular complexity index is 3010. The van der Waals surface area contributed by atoms with E-state index in [4.69, 9.17) is 37.4 Å². The van der Waals surface area contributed by atoms with Crippen molar-refractivity contribution in [2.75, 3.05) is 145 Å². The second kappa shape index (κ2) is 45.8. The van der Waals surface area contributed by atoms with Crippen molar-refractivity contribution in [3.63, 3.8) is 0 Å². The third-order valence-electron chi connectivity index (χ3n) is 21.8. The van der Waals surface area contributed by atoms with E-state index in [-0.39, 0.29) is 55.4 Å². The highest BCUT2D eigenvalue weighted by molar-refractivity contribution is 6.31. The number of hydrogen-bond donors (Lipinski definition) is 2. The number of ether oxygens (including phenoxy) is 3. The zero-order valence-corrected chi connectivity index (χ0v) is 79.3. The van der Waals surface area contributed by atoms with E-state index >= 15 is 0 Å². The molecule has 2 N–H and O–H groups in total. The van der Waals surface area contributed by atoms with Crippen molar-refractivity contribution in [3.05, 3.63) is 129 Å². The minimum Gasteiger partial charge on any atom is -0.380 e. The number of benzene rings is 4. The van der Waals surface area contributed by atoms with Crippen LogP contribution >= 0.6 is 23.2 Å². The molecule has 4 aromatic carbocycles. The molecule has 13 nitrogen and oxygen atoms in total. The zero-order chi connectivity index (χ0) is 84.2. The number of hydrogen-bond acceptors (Lipinski definition) is 13. The zero-order valence-electron chi connectivity index (χ0n) is 77.8. The van der Waals surface area contributed by atoms with Gasteiger partial charge in [-0.1, -0.05) is 83.9 Å². The normalized spacial score (nSPS) is 15.6. The highest BCUT2D eigenvalue weighted by Gasteiger charge is 2.32. The summed E-state index contributed by atoms with van der Waals surface area (Å²) in [5, 5.41) is 8.89. The molecule has 632 valence electrons. The van der Waals surface area contributed by atoms with Gasteiger partial charge in [0.15, 0.2) is 0 Å². The number of fused-ring (bicyclic) bond motifs is 3. The Labute approximate surface area is 689 Å². The van der Waals surface area contributed by atoms with Crippen molar-refractivity contribution >= 4 is 34.6 Å². The van der Waals surface area contributed by atoms with Crippen LogP contribution in [0.3, 0.4) is 0 Å². The lowest BCUT2D eigenvalue weighted by Gasteiger charge is -2.42. The number of anilines is 2. The standard InChI is InChI=1S/C30H44Cl2N2.C21H28N2.C16H36N2O2.C14H32N2O.C14H30N2/c1-29(2,3)33(21-25-11-7-9-13-27(25)31)19-23-15-17-24(18-16-23)20-34(30(4,5)6)22-26-12-8-10-14-28(26)32;1-20(2,3)22-16-7-9-18-14(12-16)11-15-13-17(8-10-19(15)18)23-21(4,5)6;1-15(2,3)17(7)9-11-19-13-14-20-12-10-18(8)16(4,5)6;1-13(2,3)15(7)9-11-17-12-10-16(8)14(4,5)6;1-13(2,3)15(7)11-9-10-12-16(8)14(4,5)6/h7-14,23-24H,15-22H2,1-6H3;7-10,12-13,22-23H,11H2,1-6H3;9-14H2,1-8H3;9-12H2,1-8H3;9-10H,11-12H2,1-8H3/b;;;;10-9+. The SMILES string of the molecule is CC(C)(C)N(Cc1ccccc1Cl)CC1CCC(CN(Cc2ccccc2Cl)C(C)(C)C)CC1.CC(C)(C)Nc1ccc2c(c1)Cc1cc(NC(C)(C)C)ccc1-2.CN(C/C=C/CN(C)C(C)(C)C)C(C)(C)C.CN(CCOCCN(C)C(C)(C)C)C(C)(C)C.CN(CCOCCOCCN(C)C(C)(C)C)C(C)(C)C. The molecular formula is C95H170Cl2N10O3. The van der Waals surface area contributed by atoms with Crippen LogP contribution in [0.5, 0.6) is 0 Å². The van der Waals surface area contributed by atoms with Crippen LogP contribution in [0.25, 0.3) is 11.1 Å². The fourth-order valence-corrected chi connectivity index (χ4v) is 12.2. The molecule has 0 aliphatic heterocycles. The van der Waals surface area contributed by atoms with E-state index in [1.165, 1.54) is 70.4 Å². The van der Waals surface area contributed by atoms with Gasteiger partial charge in [-0.3, -0.25) is 39.2 Å². The molecule has 110 heavy (non-hydrogen) atoms. The van der Waals surface area contributed by atoms with Crippen molar-refractivity contribution in [1.29, 1.82) is 0 Å². The van der Waals surface area contributed by atoms with Crippen LogP contribution in [0, 0.1) is 11.8 Å². The molecule has 4 aromatic rings. The Morgan fingerprint density at radius 1 is 0.345 bits per heavy atom. The molecule has 0 atom stereocenters. The molecule has 1 fully saturated rings. The molecule has 0 saturated heterocycles. The molecule has 1 saturated carbocycles. The van der Waals surface area contributed by atoms with E-state index in [0.717, 1.165) is 120 Å². The first-order valence-corrected chi connectivity index (χ1v) is 42.4. The van der Waals surface area contributed by atoms with E-state index < -0.39 is 0 Å². The predicted molar refractivity (Wildman–Crippen MR) is 486 cm³/mol. The summed E-state index contributed by atoms with van der Waals surface area (Å²) >= 11 is 13.0. The first-order chi connectivity index (χ1) is 50.2. The largest absolute Gasteiger partial charge is 0.380 e. The highest BCUT2D eigenvalue weighted by Crippen LogP contribution is 2.40. The van der Waals surface area contributed by atoms with E-state index in [2.05, 4.69) is 373 Å². The molecule has 15 heteroatoms. The molecule has 6 rings (SSSR count). The van der Waals surface area contributed by atoms with Gasteiger partial charge in [0, 0.05) is 142 Å². The van der Waals surface area contributed by atoms with Gasteiger partial charge in [0.2, 0.25) is 0 Å². The molecule has 0 aromatic heterocycles. The second-order valence-electron chi connectivity index (χ2n) is 41.6. The second-order valence-corrected chi connectivity index (χ2v) is 42.4. The van der Waals surface area contributed by atoms with Crippen LogP contribution in [0.4, 0.5) is 11.4 Å². The number of nitrogens with one attached hydrogen (secondary N) is 2. The van der Waals surface area contributed by atoms with Gasteiger partial charge in [0.1, 0.15) is 0 Å². The Balaban J connectivity index is 0.000000482. The Kier molecular flexibility index (Phi) is 42.6. The molecule has 0 bridgehead atoms. The fourth-order valence-electron chi connectivity index (χ4n) is 11.9. The van der Waals surface area contributed by atoms with Gasteiger partial charge in [-0.15, -0.1) is 0 Å². The fraction of sp³-hybridized carbons (Fsp3) is 0.726. The average molecular weight is 1570 g/mol. The predicted octanol–water partition coefficient (Wildman–Crippen LogP) is 22.3. The quantitative estimate of drug-likeness (QED) is 0.0353. The summed E-state index contributed by atoms with van der Waals surface area (Å²) in [7, 11) is 12.9. The lowest BCUT2D eigenvalue weighted by atomic mass is 9.80. The molecule has 0 unspecified atom stereocenters. The molecule has 0 spiro atoms. The summed E-state index contributed by atoms with van der Waals surface area (Å²) in [5.74, 6) is 1.51. The van der Waals surface area contributed by atoms with Gasteiger partial charge in [0.05, 0.1) is 39.6 Å². The summed E-state index contributed by atoms with van der Waals surface area (Å²) < 4.78 is 16.9. The molecule has 0 radical (unpaired) electrons. The van der Waals surface area contributed by atoms with Gasteiger partial charge in [0.25, 0.3) is 0 Å². The maximum Gasteiger partial charge on any atom is 0.0701 e. The van der Waals surface area contributed by atoms with E-state index in [1.807, 2.05) is 24.3 Å². The van der Waals surface area contributed by atoms with Crippen LogP contribution in [-0.4, -0.2) is 229 Å². The van der Waals surface area contributed by atoms with Crippen LogP contribution in [0.2, 0.25) is 10.0 Å². The van der Waals surface area contributed by atoms with Crippen molar-refractivity contribution in [1.82, 2.24) is 39.2 Å². The number of rotatable bonds is 29. The summed E-state index contributed by atoms with van der Waals surface area (Å²) in [6.45, 7) is 81.7. The van der Waals surface area contributed by atoms with Crippen molar-refractivity contribution in [2.45, 2.75) is 308 Å². The summed E-state index contributed by atoms with van der Waals surface area (Å²) in [4.78, 5) is 19.2. The molecule has 0 amide bonds. The smallest absolute Gasteiger partial charge is 0.0701 e. The van der Waals surface area contributed by atoms with Gasteiger partial charge in [-0.25, -0.2) is 0 Å². The molecular weight excluding hydrogens is 1400 g/mol. The monoisotopic (exact) mass is 1570 g/mol. The number of likely N-dealkylation sites (N-methyl/N-ethyl adjacent to an activating group) is 6. The third kappa shape index (κ3) is 42.3. The van der Waals surface area contributed by atoms with E-state index in [0.29, 0.717) is 13.2 Å². The summed E-state index contributed by atoms with van der Waals surface area (Å²) in [6.07, 6.45) is 10.8. The Hall–Kier alpha value is -3.64. The average Bonchev–Trinajstić information content (AvgIpc) is 1.63.